The van der Waals surface area contributed by atoms with E-state index in [1.807, 2.05) is 0 Å². The molecule has 0 saturated heterocycles. The van der Waals surface area contributed by atoms with Gasteiger partial charge in [0, 0.05) is 11.8 Å². The van der Waals surface area contributed by atoms with Crippen LogP contribution < -0.4 is 5.73 Å². The van der Waals surface area contributed by atoms with Gasteiger partial charge in [0.25, 0.3) is 0 Å². The van der Waals surface area contributed by atoms with Crippen molar-refractivity contribution in [3.05, 3.63) is 59.8 Å². The van der Waals surface area contributed by atoms with Crippen molar-refractivity contribution in [1.82, 2.24) is 29.7 Å². The second-order valence-corrected chi connectivity index (χ2v) is 5.62. The lowest BCUT2D eigenvalue weighted by atomic mass is 10.2. The van der Waals surface area contributed by atoms with Crippen LogP contribution in [0.15, 0.2) is 42.6 Å². The number of benzene rings is 1. The quantitative estimate of drug-likeness (QED) is 0.559. The standard InChI is InChI=1S/C17H12FN7O2/c18-11-6-2-1-4-9(11)8-25-15-10(5-3-7-20-15)12(24-25)13-21-14(16(26)27)23-17(19)22-13/h1-7H,8H2,(H,26,27)(H2,19,21,22,23). The third-order valence-electron chi connectivity index (χ3n) is 3.84. The van der Waals surface area contributed by atoms with Gasteiger partial charge in [-0.2, -0.15) is 15.1 Å². The molecule has 0 aliphatic carbocycles. The summed E-state index contributed by atoms with van der Waals surface area (Å²) in [4.78, 5) is 27.0. The number of anilines is 1. The number of aromatic carboxylic acids is 1. The van der Waals surface area contributed by atoms with Crippen LogP contribution in [0.5, 0.6) is 0 Å². The Morgan fingerprint density at radius 1 is 1.15 bits per heavy atom. The van der Waals surface area contributed by atoms with Crippen molar-refractivity contribution in [3.8, 4) is 11.5 Å². The second kappa shape index (κ2) is 6.41. The summed E-state index contributed by atoms with van der Waals surface area (Å²) in [7, 11) is 0. The van der Waals surface area contributed by atoms with Gasteiger partial charge in [-0.25, -0.2) is 23.8 Å². The Balaban J connectivity index is 1.88. The van der Waals surface area contributed by atoms with Crippen molar-refractivity contribution in [2.75, 3.05) is 5.73 Å². The van der Waals surface area contributed by atoms with Crippen molar-refractivity contribution in [2.45, 2.75) is 6.54 Å². The number of nitrogens with two attached hydrogens (primary N) is 1. The van der Waals surface area contributed by atoms with Gasteiger partial charge < -0.3 is 10.8 Å². The highest BCUT2D eigenvalue weighted by molar-refractivity contribution is 5.90. The zero-order valence-corrected chi connectivity index (χ0v) is 13.7. The van der Waals surface area contributed by atoms with Crippen LogP contribution in [-0.2, 0) is 6.54 Å². The highest BCUT2D eigenvalue weighted by atomic mass is 19.1. The highest BCUT2D eigenvalue weighted by Crippen LogP contribution is 2.25. The van der Waals surface area contributed by atoms with Gasteiger partial charge in [-0.3, -0.25) is 0 Å². The number of nitrogens with zero attached hydrogens (tertiary/aromatic N) is 6. The molecule has 0 atom stereocenters. The largest absolute Gasteiger partial charge is 0.475 e. The van der Waals surface area contributed by atoms with Gasteiger partial charge >= 0.3 is 5.97 Å². The number of carboxylic acid groups (broad SMARTS) is 1. The molecule has 0 amide bonds. The number of halogens is 1. The zero-order valence-electron chi connectivity index (χ0n) is 13.7. The van der Waals surface area contributed by atoms with E-state index in [2.05, 4.69) is 25.0 Å². The maximum atomic E-state index is 14.0. The predicted octanol–water partition coefficient (Wildman–Crippen LogP) is 1.75. The van der Waals surface area contributed by atoms with Crippen LogP contribution in [0.2, 0.25) is 0 Å². The van der Waals surface area contributed by atoms with Gasteiger partial charge in [-0.05, 0) is 18.2 Å². The number of aromatic nitrogens is 6. The number of nitrogen functional groups attached to an aromatic ring is 1. The predicted molar refractivity (Wildman–Crippen MR) is 93.2 cm³/mol. The summed E-state index contributed by atoms with van der Waals surface area (Å²) in [6.45, 7) is 0.131. The van der Waals surface area contributed by atoms with Crippen molar-refractivity contribution in [2.24, 2.45) is 0 Å². The Bertz CT molecular complexity index is 1180. The molecule has 9 nitrogen and oxygen atoms in total. The van der Waals surface area contributed by atoms with E-state index in [0.29, 0.717) is 16.6 Å². The van der Waals surface area contributed by atoms with Gasteiger partial charge in [0.05, 0.1) is 11.9 Å². The van der Waals surface area contributed by atoms with E-state index < -0.39 is 11.8 Å². The first-order chi connectivity index (χ1) is 13.0. The number of rotatable bonds is 4. The SMILES string of the molecule is Nc1nc(C(=O)O)nc(-c2nn(Cc3ccccc3F)c3ncccc23)n1. The molecule has 0 radical (unpaired) electrons. The van der Waals surface area contributed by atoms with Crippen LogP contribution in [0.3, 0.4) is 0 Å². The molecular weight excluding hydrogens is 353 g/mol. The molecule has 0 aliphatic heterocycles. The number of fused-ring (bicyclic) bond motifs is 1. The van der Waals surface area contributed by atoms with Crippen LogP contribution in [0, 0.1) is 5.82 Å². The Labute approximate surface area is 151 Å². The average Bonchev–Trinajstić information content (AvgIpc) is 3.02. The molecule has 0 aliphatic rings. The van der Waals surface area contributed by atoms with E-state index >= 15 is 0 Å². The molecule has 27 heavy (non-hydrogen) atoms. The van der Waals surface area contributed by atoms with Crippen LogP contribution in [-0.4, -0.2) is 40.8 Å². The smallest absolute Gasteiger partial charge is 0.374 e. The van der Waals surface area contributed by atoms with Crippen LogP contribution in [0.1, 0.15) is 16.2 Å². The molecule has 0 spiro atoms. The van der Waals surface area contributed by atoms with Crippen molar-refractivity contribution in [3.63, 3.8) is 0 Å². The van der Waals surface area contributed by atoms with E-state index in [1.54, 1.807) is 36.5 Å². The van der Waals surface area contributed by atoms with E-state index in [-0.39, 0.29) is 29.8 Å². The highest BCUT2D eigenvalue weighted by Gasteiger charge is 2.19. The third kappa shape index (κ3) is 3.03. The maximum absolute atomic E-state index is 14.0. The summed E-state index contributed by atoms with van der Waals surface area (Å²) in [5, 5.41) is 14.1. The minimum atomic E-state index is -1.33. The fourth-order valence-corrected chi connectivity index (χ4v) is 2.67. The van der Waals surface area contributed by atoms with Gasteiger partial charge in [0.15, 0.2) is 11.5 Å². The molecule has 0 bridgehead atoms. The van der Waals surface area contributed by atoms with Crippen LogP contribution >= 0.6 is 0 Å². The zero-order chi connectivity index (χ0) is 19.0. The summed E-state index contributed by atoms with van der Waals surface area (Å²) in [6, 6.07) is 9.78. The maximum Gasteiger partial charge on any atom is 0.374 e. The van der Waals surface area contributed by atoms with Crippen molar-refractivity contribution < 1.29 is 14.3 Å². The van der Waals surface area contributed by atoms with Gasteiger partial charge in [0.1, 0.15) is 11.5 Å². The first-order valence-corrected chi connectivity index (χ1v) is 7.83. The molecule has 10 heteroatoms. The monoisotopic (exact) mass is 365 g/mol. The lowest BCUT2D eigenvalue weighted by molar-refractivity contribution is 0.0683. The average molecular weight is 365 g/mol. The number of carboxylic acids is 1. The fraction of sp³-hybridized carbons (Fsp3) is 0.0588. The molecule has 0 unspecified atom stereocenters. The van der Waals surface area contributed by atoms with E-state index in [9.17, 15) is 9.18 Å². The van der Waals surface area contributed by atoms with Crippen LogP contribution in [0.4, 0.5) is 10.3 Å². The summed E-state index contributed by atoms with van der Waals surface area (Å²) in [5.74, 6) is -2.42. The van der Waals surface area contributed by atoms with E-state index in [1.165, 1.54) is 10.7 Å². The molecule has 0 fully saturated rings. The van der Waals surface area contributed by atoms with Crippen LogP contribution in [0.25, 0.3) is 22.6 Å². The molecule has 0 saturated carbocycles. The first kappa shape index (κ1) is 16.5. The summed E-state index contributed by atoms with van der Waals surface area (Å²) in [5.41, 5.74) is 6.80. The Morgan fingerprint density at radius 2 is 1.96 bits per heavy atom. The lowest BCUT2D eigenvalue weighted by Crippen LogP contribution is -2.10. The first-order valence-electron chi connectivity index (χ1n) is 7.83. The summed E-state index contributed by atoms with van der Waals surface area (Å²) >= 11 is 0. The second-order valence-electron chi connectivity index (χ2n) is 5.62. The summed E-state index contributed by atoms with van der Waals surface area (Å²) in [6.07, 6.45) is 1.58. The number of hydrogen-bond acceptors (Lipinski definition) is 7. The minimum Gasteiger partial charge on any atom is -0.475 e. The topological polar surface area (TPSA) is 133 Å². The third-order valence-corrected chi connectivity index (χ3v) is 3.84. The molecular formula is C17H12FN7O2. The number of pyridine rings is 1. The van der Waals surface area contributed by atoms with Crippen molar-refractivity contribution >= 4 is 23.0 Å². The van der Waals surface area contributed by atoms with Gasteiger partial charge in [-0.1, -0.05) is 18.2 Å². The molecule has 134 valence electrons. The molecule has 4 aromatic rings. The molecule has 3 N–H and O–H groups in total. The summed E-state index contributed by atoms with van der Waals surface area (Å²) < 4.78 is 15.5. The number of hydrogen-bond donors (Lipinski definition) is 2. The van der Waals surface area contributed by atoms with Gasteiger partial charge in [-0.15, -0.1) is 0 Å². The van der Waals surface area contributed by atoms with E-state index in [4.69, 9.17) is 10.8 Å². The van der Waals surface area contributed by atoms with Crippen molar-refractivity contribution in [1.29, 1.82) is 0 Å². The van der Waals surface area contributed by atoms with E-state index in [0.717, 1.165) is 0 Å². The normalized spacial score (nSPS) is 11.0. The molecule has 4 rings (SSSR count). The minimum absolute atomic E-state index is 0.00480. The molecule has 3 aromatic heterocycles. The fourth-order valence-electron chi connectivity index (χ4n) is 2.67. The Kier molecular flexibility index (Phi) is 3.92. The number of carbonyl (C=O) groups is 1. The van der Waals surface area contributed by atoms with Gasteiger partial charge in [0.2, 0.25) is 11.8 Å². The Hall–Kier alpha value is -3.95. The molecule has 3 heterocycles. The Morgan fingerprint density at radius 3 is 2.74 bits per heavy atom. The molecule has 1 aromatic carbocycles. The lowest BCUT2D eigenvalue weighted by Gasteiger charge is -2.04.